The van der Waals surface area contributed by atoms with Crippen LogP contribution in [0.5, 0.6) is 0 Å². The molecule has 0 radical (unpaired) electrons. The molecule has 0 spiro atoms. The lowest BCUT2D eigenvalue weighted by atomic mass is 10.5. The average Bonchev–Trinajstić information content (AvgIpc) is 2.70. The molecule has 2 aromatic rings. The van der Waals surface area contributed by atoms with Gasteiger partial charge in [-0.15, -0.1) is 0 Å². The second-order valence-corrected chi connectivity index (χ2v) is 4.29. The molecule has 2 N–H and O–H groups in total. The fourth-order valence-electron chi connectivity index (χ4n) is 0.990. The van der Waals surface area contributed by atoms with Gasteiger partial charge in [-0.05, 0) is 12.1 Å². The van der Waals surface area contributed by atoms with Crippen molar-refractivity contribution in [3.05, 3.63) is 34.4 Å². The summed E-state index contributed by atoms with van der Waals surface area (Å²) in [6, 6.07) is 3.37. The summed E-state index contributed by atoms with van der Waals surface area (Å²) < 4.78 is 0. The largest absolute Gasteiger partial charge is 0.477 e. The molecule has 2 heterocycles. The number of pyridine rings is 1. The van der Waals surface area contributed by atoms with Crippen LogP contribution in [0.25, 0.3) is 0 Å². The maximum absolute atomic E-state index is 10.6. The first-order chi connectivity index (χ1) is 7.65. The number of nitrogens with zero attached hydrogens (tertiary/aromatic N) is 2. The molecule has 0 saturated carbocycles. The minimum Gasteiger partial charge on any atom is -0.477 e. The summed E-state index contributed by atoms with van der Waals surface area (Å²) >= 11 is 6.72. The third kappa shape index (κ3) is 2.47. The van der Waals surface area contributed by atoms with Crippen molar-refractivity contribution < 1.29 is 9.90 Å². The molecule has 0 aromatic carbocycles. The lowest BCUT2D eigenvalue weighted by molar-refractivity contribution is 0.0702. The lowest BCUT2D eigenvalue weighted by Gasteiger charge is -1.99. The van der Waals surface area contributed by atoms with Gasteiger partial charge in [0.05, 0.1) is 11.2 Å². The van der Waals surface area contributed by atoms with E-state index in [0.29, 0.717) is 16.0 Å². The molecule has 0 aliphatic carbocycles. The van der Waals surface area contributed by atoms with Crippen LogP contribution in [-0.4, -0.2) is 21.0 Å². The van der Waals surface area contributed by atoms with Gasteiger partial charge in [-0.3, -0.25) is 0 Å². The first kappa shape index (κ1) is 10.8. The van der Waals surface area contributed by atoms with Gasteiger partial charge in [0.25, 0.3) is 0 Å². The standard InChI is InChI=1S/C9H6ClN3O2S/c10-5-1-2-7(11-3-5)13-9-12-4-6(16-9)8(14)15/h1-4H,(H,14,15)(H,11,12,13). The van der Waals surface area contributed by atoms with Gasteiger partial charge >= 0.3 is 5.97 Å². The number of rotatable bonds is 3. The van der Waals surface area contributed by atoms with E-state index in [9.17, 15) is 4.79 Å². The van der Waals surface area contributed by atoms with Crippen LogP contribution in [0.15, 0.2) is 24.5 Å². The molecule has 7 heteroatoms. The fourth-order valence-corrected chi connectivity index (χ4v) is 1.76. The zero-order valence-electron chi connectivity index (χ0n) is 7.85. The zero-order chi connectivity index (χ0) is 11.5. The van der Waals surface area contributed by atoms with Crippen LogP contribution >= 0.6 is 22.9 Å². The number of thiazole rings is 1. The van der Waals surface area contributed by atoms with Crippen LogP contribution < -0.4 is 5.32 Å². The van der Waals surface area contributed by atoms with Crippen LogP contribution in [0, 0.1) is 0 Å². The molecule has 0 saturated heterocycles. The topological polar surface area (TPSA) is 75.1 Å². The molecule has 16 heavy (non-hydrogen) atoms. The van der Waals surface area contributed by atoms with Crippen molar-refractivity contribution >= 4 is 39.9 Å². The normalized spacial score (nSPS) is 10.1. The number of nitrogens with one attached hydrogen (secondary N) is 1. The third-order valence-electron chi connectivity index (χ3n) is 1.68. The number of anilines is 2. The molecule has 5 nitrogen and oxygen atoms in total. The van der Waals surface area contributed by atoms with E-state index in [-0.39, 0.29) is 4.88 Å². The monoisotopic (exact) mass is 255 g/mol. The van der Waals surface area contributed by atoms with E-state index in [0.717, 1.165) is 11.3 Å². The molecule has 82 valence electrons. The predicted octanol–water partition coefficient (Wildman–Crippen LogP) is 2.63. The highest BCUT2D eigenvalue weighted by Crippen LogP contribution is 2.21. The summed E-state index contributed by atoms with van der Waals surface area (Å²) in [6.07, 6.45) is 2.79. The van der Waals surface area contributed by atoms with Crippen molar-refractivity contribution in [3.63, 3.8) is 0 Å². The molecule has 0 bridgehead atoms. The summed E-state index contributed by atoms with van der Waals surface area (Å²) in [4.78, 5) is 18.7. The number of carboxylic acids is 1. The zero-order valence-corrected chi connectivity index (χ0v) is 9.42. The van der Waals surface area contributed by atoms with E-state index >= 15 is 0 Å². The summed E-state index contributed by atoms with van der Waals surface area (Å²) in [6.45, 7) is 0. The van der Waals surface area contributed by atoms with E-state index in [2.05, 4.69) is 15.3 Å². The van der Waals surface area contributed by atoms with Crippen LogP contribution in [0.3, 0.4) is 0 Å². The van der Waals surface area contributed by atoms with Crippen molar-refractivity contribution in [3.8, 4) is 0 Å². The maximum Gasteiger partial charge on any atom is 0.347 e. The highest BCUT2D eigenvalue weighted by molar-refractivity contribution is 7.17. The Morgan fingerprint density at radius 1 is 1.38 bits per heavy atom. The molecule has 2 rings (SSSR count). The Bertz CT molecular complexity index is 512. The van der Waals surface area contributed by atoms with E-state index in [4.69, 9.17) is 16.7 Å². The lowest BCUT2D eigenvalue weighted by Crippen LogP contribution is -1.91. The van der Waals surface area contributed by atoms with Crippen LogP contribution in [-0.2, 0) is 0 Å². The van der Waals surface area contributed by atoms with Gasteiger partial charge in [-0.2, -0.15) is 0 Å². The third-order valence-corrected chi connectivity index (χ3v) is 2.80. The van der Waals surface area contributed by atoms with Crippen molar-refractivity contribution in [2.75, 3.05) is 5.32 Å². The van der Waals surface area contributed by atoms with E-state index < -0.39 is 5.97 Å². The van der Waals surface area contributed by atoms with E-state index in [1.165, 1.54) is 12.4 Å². The molecule has 0 unspecified atom stereocenters. The molecule has 0 amide bonds. The molecule has 0 atom stereocenters. The molecular formula is C9H6ClN3O2S. The quantitative estimate of drug-likeness (QED) is 0.882. The molecule has 0 aliphatic rings. The van der Waals surface area contributed by atoms with Gasteiger partial charge in [0.15, 0.2) is 5.13 Å². The highest BCUT2D eigenvalue weighted by atomic mass is 35.5. The number of carbonyl (C=O) groups is 1. The Kier molecular flexibility index (Phi) is 3.02. The SMILES string of the molecule is O=C(O)c1cnc(Nc2ccc(Cl)cn2)s1. The van der Waals surface area contributed by atoms with Gasteiger partial charge in [0.2, 0.25) is 0 Å². The van der Waals surface area contributed by atoms with Crippen LogP contribution in [0.2, 0.25) is 5.02 Å². The van der Waals surface area contributed by atoms with Crippen LogP contribution in [0.4, 0.5) is 10.9 Å². The number of hydrogen-bond donors (Lipinski definition) is 2. The number of carboxylic acid groups (broad SMARTS) is 1. The Hall–Kier alpha value is -1.66. The second-order valence-electron chi connectivity index (χ2n) is 2.82. The number of halogens is 1. The smallest absolute Gasteiger partial charge is 0.347 e. The Labute approximate surface area is 99.7 Å². The summed E-state index contributed by atoms with van der Waals surface area (Å²) in [5.74, 6) is -0.426. The van der Waals surface area contributed by atoms with E-state index in [1.54, 1.807) is 12.1 Å². The first-order valence-electron chi connectivity index (χ1n) is 4.23. The Balaban J connectivity index is 2.14. The molecule has 0 aliphatic heterocycles. The summed E-state index contributed by atoms with van der Waals surface area (Å²) in [5, 5.41) is 12.6. The summed E-state index contributed by atoms with van der Waals surface area (Å²) in [5.41, 5.74) is 0. The predicted molar refractivity (Wildman–Crippen MR) is 61.6 cm³/mol. The number of hydrogen-bond acceptors (Lipinski definition) is 5. The minimum atomic E-state index is -0.991. The van der Waals surface area contributed by atoms with Crippen LogP contribution in [0.1, 0.15) is 9.67 Å². The minimum absolute atomic E-state index is 0.177. The molecule has 0 fully saturated rings. The second kappa shape index (κ2) is 4.46. The fraction of sp³-hybridized carbons (Fsp3) is 0. The summed E-state index contributed by atoms with van der Waals surface area (Å²) in [7, 11) is 0. The maximum atomic E-state index is 10.6. The number of aromatic nitrogens is 2. The molecular weight excluding hydrogens is 250 g/mol. The van der Waals surface area contributed by atoms with Crippen molar-refractivity contribution in [1.29, 1.82) is 0 Å². The Morgan fingerprint density at radius 2 is 2.19 bits per heavy atom. The van der Waals surface area contributed by atoms with Gasteiger partial charge in [-0.1, -0.05) is 22.9 Å². The highest BCUT2D eigenvalue weighted by Gasteiger charge is 2.08. The van der Waals surface area contributed by atoms with Gasteiger partial charge < -0.3 is 10.4 Å². The van der Waals surface area contributed by atoms with Gasteiger partial charge in [0, 0.05) is 6.20 Å². The Morgan fingerprint density at radius 3 is 2.75 bits per heavy atom. The van der Waals surface area contributed by atoms with Crippen molar-refractivity contribution in [1.82, 2.24) is 9.97 Å². The van der Waals surface area contributed by atoms with Gasteiger partial charge in [-0.25, -0.2) is 14.8 Å². The van der Waals surface area contributed by atoms with E-state index in [1.807, 2.05) is 0 Å². The average molecular weight is 256 g/mol. The molecule has 2 aromatic heterocycles. The number of aromatic carboxylic acids is 1. The van der Waals surface area contributed by atoms with Gasteiger partial charge in [0.1, 0.15) is 10.7 Å². The van der Waals surface area contributed by atoms with Crippen molar-refractivity contribution in [2.24, 2.45) is 0 Å². The first-order valence-corrected chi connectivity index (χ1v) is 5.42. The van der Waals surface area contributed by atoms with Crippen molar-refractivity contribution in [2.45, 2.75) is 0 Å².